The molecule has 0 aliphatic rings. The number of fused-ring (bicyclic) bond motifs is 1. The van der Waals surface area contributed by atoms with Crippen LogP contribution in [0, 0.1) is 0 Å². The van der Waals surface area contributed by atoms with Gasteiger partial charge in [-0.3, -0.25) is 4.79 Å². The molecule has 2 nitrogen and oxygen atoms in total. The van der Waals surface area contributed by atoms with E-state index in [-0.39, 0.29) is 10.6 Å². The van der Waals surface area contributed by atoms with Crippen molar-refractivity contribution in [1.29, 1.82) is 0 Å². The van der Waals surface area contributed by atoms with E-state index in [0.29, 0.717) is 12.3 Å². The van der Waals surface area contributed by atoms with E-state index in [4.69, 9.17) is 11.6 Å². The van der Waals surface area contributed by atoms with Crippen molar-refractivity contribution in [3.05, 3.63) is 36.0 Å². The molecule has 0 bridgehead atoms. The summed E-state index contributed by atoms with van der Waals surface area (Å²) in [5, 5.41) is 0.999. The minimum absolute atomic E-state index is 0.0995. The highest BCUT2D eigenvalue weighted by molar-refractivity contribution is 9.10. The summed E-state index contributed by atoms with van der Waals surface area (Å²) >= 11 is 9.06. The zero-order valence-electron chi connectivity index (χ0n) is 9.49. The smallest absolute Gasteiger partial charge is 0.178 e. The van der Waals surface area contributed by atoms with Crippen LogP contribution in [0.1, 0.15) is 16.8 Å². The quantitative estimate of drug-likeness (QED) is 0.622. The number of benzene rings is 1. The molecule has 1 heterocycles. The maximum atomic E-state index is 12.2. The van der Waals surface area contributed by atoms with Crippen LogP contribution < -0.4 is 0 Å². The highest BCUT2D eigenvalue weighted by Crippen LogP contribution is 2.24. The Morgan fingerprint density at radius 3 is 2.88 bits per heavy atom. The first-order chi connectivity index (χ1) is 8.15. The molecule has 1 aromatic heterocycles. The lowest BCUT2D eigenvalue weighted by Gasteiger charge is -2.05. The van der Waals surface area contributed by atoms with Crippen molar-refractivity contribution in [1.82, 2.24) is 4.57 Å². The summed E-state index contributed by atoms with van der Waals surface area (Å²) in [5.74, 6) is 0.578. The Labute approximate surface area is 114 Å². The van der Waals surface area contributed by atoms with Crippen LogP contribution in [0.4, 0.5) is 0 Å². The van der Waals surface area contributed by atoms with E-state index in [9.17, 15) is 4.79 Å². The molecule has 1 unspecified atom stereocenters. The van der Waals surface area contributed by atoms with Crippen LogP contribution in [0.25, 0.3) is 10.9 Å². The van der Waals surface area contributed by atoms with Crippen molar-refractivity contribution in [3.8, 4) is 0 Å². The summed E-state index contributed by atoms with van der Waals surface area (Å²) in [5.41, 5.74) is 1.83. The van der Waals surface area contributed by atoms with Gasteiger partial charge in [-0.2, -0.15) is 0 Å². The number of para-hydroxylation sites is 1. The summed E-state index contributed by atoms with van der Waals surface area (Å²) in [6.07, 6.45) is 2.53. The van der Waals surface area contributed by atoms with Gasteiger partial charge in [0.1, 0.15) is 0 Å². The standard InChI is InChI=1S/C13H13BrClNO/c1-16-8-10(13(17)11(14)6-7-15)9-4-2-3-5-12(9)16/h2-5,8,11H,6-7H2,1H3. The van der Waals surface area contributed by atoms with Gasteiger partial charge in [-0.15, -0.1) is 11.6 Å². The molecule has 0 radical (unpaired) electrons. The van der Waals surface area contributed by atoms with Crippen molar-refractivity contribution in [2.45, 2.75) is 11.2 Å². The predicted molar refractivity (Wildman–Crippen MR) is 75.3 cm³/mol. The van der Waals surface area contributed by atoms with E-state index < -0.39 is 0 Å². The first-order valence-electron chi connectivity index (χ1n) is 5.43. The number of aryl methyl sites for hydroxylation is 1. The molecule has 0 aliphatic carbocycles. The number of carbonyl (C=O) groups excluding carboxylic acids is 1. The average molecular weight is 315 g/mol. The molecule has 2 rings (SSSR count). The number of carbonyl (C=O) groups is 1. The molecule has 1 aromatic carbocycles. The second kappa shape index (κ2) is 5.23. The molecule has 0 saturated carbocycles. The summed E-state index contributed by atoms with van der Waals surface area (Å²) < 4.78 is 1.98. The largest absolute Gasteiger partial charge is 0.350 e. The molecule has 0 N–H and O–H groups in total. The number of aromatic nitrogens is 1. The first kappa shape index (κ1) is 12.7. The van der Waals surface area contributed by atoms with Crippen molar-refractivity contribution in [2.24, 2.45) is 7.05 Å². The molecule has 90 valence electrons. The first-order valence-corrected chi connectivity index (χ1v) is 6.88. The van der Waals surface area contributed by atoms with Crippen LogP contribution >= 0.6 is 27.5 Å². The van der Waals surface area contributed by atoms with Crippen molar-refractivity contribution in [2.75, 3.05) is 5.88 Å². The zero-order chi connectivity index (χ0) is 12.4. The van der Waals surface area contributed by atoms with Gasteiger partial charge in [0.15, 0.2) is 5.78 Å². The van der Waals surface area contributed by atoms with Crippen molar-refractivity contribution in [3.63, 3.8) is 0 Å². The normalized spacial score (nSPS) is 12.9. The second-order valence-electron chi connectivity index (χ2n) is 3.98. The van der Waals surface area contributed by atoms with E-state index in [0.717, 1.165) is 16.5 Å². The molecule has 0 saturated heterocycles. The Kier molecular flexibility index (Phi) is 3.89. The van der Waals surface area contributed by atoms with Gasteiger partial charge < -0.3 is 4.57 Å². The number of hydrogen-bond acceptors (Lipinski definition) is 1. The lowest BCUT2D eigenvalue weighted by atomic mass is 10.1. The highest BCUT2D eigenvalue weighted by atomic mass is 79.9. The van der Waals surface area contributed by atoms with E-state index >= 15 is 0 Å². The number of hydrogen-bond donors (Lipinski definition) is 0. The van der Waals surface area contributed by atoms with Gasteiger partial charge in [-0.25, -0.2) is 0 Å². The highest BCUT2D eigenvalue weighted by Gasteiger charge is 2.20. The third-order valence-corrected chi connectivity index (χ3v) is 3.90. The van der Waals surface area contributed by atoms with E-state index in [1.54, 1.807) is 0 Å². The Bertz CT molecular complexity index is 549. The monoisotopic (exact) mass is 313 g/mol. The van der Waals surface area contributed by atoms with E-state index in [1.165, 1.54) is 0 Å². The lowest BCUT2D eigenvalue weighted by molar-refractivity contribution is 0.0992. The fourth-order valence-electron chi connectivity index (χ4n) is 1.93. The minimum Gasteiger partial charge on any atom is -0.350 e. The zero-order valence-corrected chi connectivity index (χ0v) is 11.8. The fraction of sp³-hybridized carbons (Fsp3) is 0.308. The SMILES string of the molecule is Cn1cc(C(=O)C(Br)CCCl)c2ccccc21. The van der Waals surface area contributed by atoms with Crippen LogP contribution in [-0.2, 0) is 7.05 Å². The van der Waals surface area contributed by atoms with Crippen LogP contribution in [-0.4, -0.2) is 21.1 Å². The van der Waals surface area contributed by atoms with Gasteiger partial charge in [-0.1, -0.05) is 34.1 Å². The molecule has 1 atom stereocenters. The lowest BCUT2D eigenvalue weighted by Crippen LogP contribution is -2.14. The van der Waals surface area contributed by atoms with E-state index in [1.807, 2.05) is 42.1 Å². The van der Waals surface area contributed by atoms with Crippen LogP contribution in [0.3, 0.4) is 0 Å². The Balaban J connectivity index is 2.45. The molecule has 0 aliphatic heterocycles. The van der Waals surface area contributed by atoms with Gasteiger partial charge in [0, 0.05) is 35.6 Å². The molecule has 0 amide bonds. The van der Waals surface area contributed by atoms with Crippen LogP contribution in [0.5, 0.6) is 0 Å². The Morgan fingerprint density at radius 1 is 1.47 bits per heavy atom. The minimum atomic E-state index is -0.203. The summed E-state index contributed by atoms with van der Waals surface area (Å²) in [6, 6.07) is 7.91. The van der Waals surface area contributed by atoms with Gasteiger partial charge in [0.25, 0.3) is 0 Å². The summed E-state index contributed by atoms with van der Waals surface area (Å²) in [7, 11) is 1.95. The summed E-state index contributed by atoms with van der Waals surface area (Å²) in [4.78, 5) is 12.0. The van der Waals surface area contributed by atoms with E-state index in [2.05, 4.69) is 15.9 Å². The number of nitrogens with zero attached hydrogens (tertiary/aromatic N) is 1. The topological polar surface area (TPSA) is 22.0 Å². The molecule has 0 spiro atoms. The Hall–Kier alpha value is -0.800. The molecular weight excluding hydrogens is 302 g/mol. The number of Topliss-reactive ketones (excluding diaryl/α,β-unsaturated/α-hetero) is 1. The number of alkyl halides is 2. The maximum Gasteiger partial charge on any atom is 0.178 e. The van der Waals surface area contributed by atoms with Gasteiger partial charge in [0.05, 0.1) is 4.83 Å². The third kappa shape index (κ3) is 2.40. The molecule has 0 fully saturated rings. The molecule has 17 heavy (non-hydrogen) atoms. The molecular formula is C13H13BrClNO. The fourth-order valence-corrected chi connectivity index (χ4v) is 2.89. The van der Waals surface area contributed by atoms with Crippen molar-refractivity contribution >= 4 is 44.2 Å². The number of ketones is 1. The Morgan fingerprint density at radius 2 is 2.18 bits per heavy atom. The van der Waals surface area contributed by atoms with Crippen LogP contribution in [0.15, 0.2) is 30.5 Å². The summed E-state index contributed by atoms with van der Waals surface area (Å²) in [6.45, 7) is 0. The second-order valence-corrected chi connectivity index (χ2v) is 5.46. The number of rotatable bonds is 4. The van der Waals surface area contributed by atoms with Crippen molar-refractivity contribution < 1.29 is 4.79 Å². The van der Waals surface area contributed by atoms with Gasteiger partial charge in [-0.05, 0) is 12.5 Å². The third-order valence-electron chi connectivity index (χ3n) is 2.81. The van der Waals surface area contributed by atoms with Gasteiger partial charge in [0.2, 0.25) is 0 Å². The number of halogens is 2. The predicted octanol–water partition coefficient (Wildman–Crippen LogP) is 3.75. The molecule has 4 heteroatoms. The van der Waals surface area contributed by atoms with Crippen LogP contribution in [0.2, 0.25) is 0 Å². The average Bonchev–Trinajstić information content (AvgIpc) is 2.67. The van der Waals surface area contributed by atoms with Gasteiger partial charge >= 0.3 is 0 Å². The molecule has 2 aromatic rings. The maximum absolute atomic E-state index is 12.2.